The molecule has 2 aromatic rings. The van der Waals surface area contributed by atoms with Crippen molar-refractivity contribution in [3.63, 3.8) is 0 Å². The second-order valence-electron chi connectivity index (χ2n) is 5.18. The normalized spacial score (nSPS) is 10.1. The number of nitrogens with two attached hydrogens (primary N) is 1. The number of halogens is 1. The summed E-state index contributed by atoms with van der Waals surface area (Å²) in [6, 6.07) is 12.3. The maximum atomic E-state index is 12.8. The predicted molar refractivity (Wildman–Crippen MR) is 90.0 cm³/mol. The van der Waals surface area contributed by atoms with E-state index in [2.05, 4.69) is 5.32 Å². The smallest absolute Gasteiger partial charge is 0.251 e. The molecule has 25 heavy (non-hydrogen) atoms. The summed E-state index contributed by atoms with van der Waals surface area (Å²) in [5, 5.41) is 2.40. The lowest BCUT2D eigenvalue weighted by Gasteiger charge is -2.09. The van der Waals surface area contributed by atoms with Crippen molar-refractivity contribution < 1.29 is 23.5 Å². The molecule has 7 heteroatoms. The van der Waals surface area contributed by atoms with Crippen LogP contribution in [-0.4, -0.2) is 31.6 Å². The third-order valence-electron chi connectivity index (χ3n) is 3.18. The van der Waals surface area contributed by atoms with E-state index in [1.54, 1.807) is 36.4 Å². The van der Waals surface area contributed by atoms with Crippen molar-refractivity contribution in [1.82, 2.24) is 5.32 Å². The van der Waals surface area contributed by atoms with Crippen LogP contribution in [0.3, 0.4) is 0 Å². The lowest BCUT2D eigenvalue weighted by molar-refractivity contribution is -0.117. The molecule has 0 aliphatic carbocycles. The Hall–Kier alpha value is -3.09. The van der Waals surface area contributed by atoms with Crippen molar-refractivity contribution in [3.05, 3.63) is 59.9 Å². The van der Waals surface area contributed by atoms with Gasteiger partial charge in [0.1, 0.15) is 17.3 Å². The number of ether oxygens (including phenoxy) is 2. The maximum absolute atomic E-state index is 12.8. The van der Waals surface area contributed by atoms with Crippen molar-refractivity contribution in [2.75, 3.05) is 19.8 Å². The zero-order chi connectivity index (χ0) is 18.1. The number of carbonyl (C=O) groups is 2. The van der Waals surface area contributed by atoms with E-state index in [0.717, 1.165) is 0 Å². The highest BCUT2D eigenvalue weighted by Gasteiger charge is 2.06. The highest BCUT2D eigenvalue weighted by atomic mass is 19.1. The molecule has 3 N–H and O–H groups in total. The van der Waals surface area contributed by atoms with Crippen LogP contribution in [-0.2, 0) is 4.79 Å². The van der Waals surface area contributed by atoms with E-state index in [1.165, 1.54) is 12.1 Å². The molecule has 0 spiro atoms. The molecule has 0 saturated carbocycles. The topological polar surface area (TPSA) is 90.7 Å². The average molecular weight is 346 g/mol. The van der Waals surface area contributed by atoms with Crippen LogP contribution >= 0.6 is 0 Å². The molecule has 2 amide bonds. The minimum Gasteiger partial charge on any atom is -0.493 e. The standard InChI is InChI=1S/C18H19FN2O4/c19-14-4-8-16(9-5-14)25-11-1-10-24-15-6-2-13(3-7-15)18(23)21-12-17(20)22/h2-9H,1,10-12H2,(H2,20,22)(H,21,23). The Morgan fingerprint density at radius 3 is 1.96 bits per heavy atom. The molecule has 0 bridgehead atoms. The van der Waals surface area contributed by atoms with Crippen molar-refractivity contribution in [3.8, 4) is 11.5 Å². The molecule has 0 aliphatic heterocycles. The molecule has 0 radical (unpaired) electrons. The Morgan fingerprint density at radius 2 is 1.44 bits per heavy atom. The van der Waals surface area contributed by atoms with E-state index in [9.17, 15) is 14.0 Å². The molecule has 0 unspecified atom stereocenters. The molecule has 0 fully saturated rings. The van der Waals surface area contributed by atoms with Crippen LogP contribution in [0, 0.1) is 5.82 Å². The number of amides is 2. The lowest BCUT2D eigenvalue weighted by Crippen LogP contribution is -2.33. The van der Waals surface area contributed by atoms with E-state index in [1.807, 2.05) is 0 Å². The molecule has 132 valence electrons. The Bertz CT molecular complexity index is 702. The van der Waals surface area contributed by atoms with Gasteiger partial charge in [-0.05, 0) is 48.5 Å². The molecule has 0 atom stereocenters. The van der Waals surface area contributed by atoms with E-state index >= 15 is 0 Å². The zero-order valence-corrected chi connectivity index (χ0v) is 13.5. The Labute approximate surface area is 144 Å². The Kier molecular flexibility index (Phi) is 6.76. The second kappa shape index (κ2) is 9.27. The number of benzene rings is 2. The van der Waals surface area contributed by atoms with Gasteiger partial charge in [0.05, 0.1) is 19.8 Å². The van der Waals surface area contributed by atoms with Crippen molar-refractivity contribution in [2.24, 2.45) is 5.73 Å². The minimum absolute atomic E-state index is 0.203. The molecule has 0 aromatic heterocycles. The molecule has 2 aromatic carbocycles. The van der Waals surface area contributed by atoms with Gasteiger partial charge in [0.2, 0.25) is 5.91 Å². The predicted octanol–water partition coefficient (Wildman–Crippen LogP) is 1.89. The first-order valence-electron chi connectivity index (χ1n) is 7.72. The van der Waals surface area contributed by atoms with Crippen LogP contribution in [0.25, 0.3) is 0 Å². The van der Waals surface area contributed by atoms with Gasteiger partial charge in [0.25, 0.3) is 5.91 Å². The molecular formula is C18H19FN2O4. The van der Waals surface area contributed by atoms with Gasteiger partial charge in [-0.2, -0.15) is 0 Å². The van der Waals surface area contributed by atoms with Gasteiger partial charge in [-0.3, -0.25) is 9.59 Å². The van der Waals surface area contributed by atoms with Crippen LogP contribution in [0.1, 0.15) is 16.8 Å². The average Bonchev–Trinajstić information content (AvgIpc) is 2.61. The van der Waals surface area contributed by atoms with Gasteiger partial charge in [-0.25, -0.2) is 4.39 Å². The molecule has 0 aliphatic rings. The van der Waals surface area contributed by atoms with Crippen LogP contribution in [0.15, 0.2) is 48.5 Å². The van der Waals surface area contributed by atoms with Crippen LogP contribution in [0.4, 0.5) is 4.39 Å². The summed E-state index contributed by atoms with van der Waals surface area (Å²) >= 11 is 0. The number of primary amides is 1. The first-order valence-corrected chi connectivity index (χ1v) is 7.72. The van der Waals surface area contributed by atoms with Gasteiger partial charge in [0, 0.05) is 12.0 Å². The quantitative estimate of drug-likeness (QED) is 0.679. The molecule has 2 rings (SSSR count). The lowest BCUT2D eigenvalue weighted by atomic mass is 10.2. The SMILES string of the molecule is NC(=O)CNC(=O)c1ccc(OCCCOc2ccc(F)cc2)cc1. The summed E-state index contributed by atoms with van der Waals surface area (Å²) < 4.78 is 23.8. The minimum atomic E-state index is -0.601. The first-order chi connectivity index (χ1) is 12.0. The molecule has 0 saturated heterocycles. The summed E-state index contributed by atoms with van der Waals surface area (Å²) in [4.78, 5) is 22.3. The fourth-order valence-electron chi connectivity index (χ4n) is 1.94. The van der Waals surface area contributed by atoms with Crippen LogP contribution < -0.4 is 20.5 Å². The fourth-order valence-corrected chi connectivity index (χ4v) is 1.94. The first kappa shape index (κ1) is 18.3. The Morgan fingerprint density at radius 1 is 0.920 bits per heavy atom. The Balaban J connectivity index is 1.68. The van der Waals surface area contributed by atoms with Crippen molar-refractivity contribution in [2.45, 2.75) is 6.42 Å². The van der Waals surface area contributed by atoms with Gasteiger partial charge in [-0.15, -0.1) is 0 Å². The highest BCUT2D eigenvalue weighted by molar-refractivity contribution is 5.96. The largest absolute Gasteiger partial charge is 0.493 e. The summed E-state index contributed by atoms with van der Waals surface area (Å²) in [7, 11) is 0. The number of carbonyl (C=O) groups excluding carboxylic acids is 2. The summed E-state index contributed by atoms with van der Waals surface area (Å²) in [6.07, 6.45) is 0.651. The van der Waals surface area contributed by atoms with E-state index in [4.69, 9.17) is 15.2 Å². The summed E-state index contributed by atoms with van der Waals surface area (Å²) in [5.41, 5.74) is 5.38. The third-order valence-corrected chi connectivity index (χ3v) is 3.18. The zero-order valence-electron chi connectivity index (χ0n) is 13.5. The second-order valence-corrected chi connectivity index (χ2v) is 5.18. The summed E-state index contributed by atoms with van der Waals surface area (Å²) in [5.74, 6) is -0.0578. The monoisotopic (exact) mass is 346 g/mol. The van der Waals surface area contributed by atoms with Gasteiger partial charge < -0.3 is 20.5 Å². The maximum Gasteiger partial charge on any atom is 0.251 e. The van der Waals surface area contributed by atoms with E-state index in [0.29, 0.717) is 36.7 Å². The van der Waals surface area contributed by atoms with Gasteiger partial charge in [0.15, 0.2) is 0 Å². The number of nitrogens with one attached hydrogen (secondary N) is 1. The number of hydrogen-bond acceptors (Lipinski definition) is 4. The van der Waals surface area contributed by atoms with Gasteiger partial charge in [-0.1, -0.05) is 0 Å². The molecular weight excluding hydrogens is 327 g/mol. The van der Waals surface area contributed by atoms with E-state index < -0.39 is 5.91 Å². The van der Waals surface area contributed by atoms with Crippen molar-refractivity contribution in [1.29, 1.82) is 0 Å². The molecule has 0 heterocycles. The van der Waals surface area contributed by atoms with Crippen molar-refractivity contribution >= 4 is 11.8 Å². The molecule has 6 nitrogen and oxygen atoms in total. The number of hydrogen-bond donors (Lipinski definition) is 2. The highest BCUT2D eigenvalue weighted by Crippen LogP contribution is 2.13. The fraction of sp³-hybridized carbons (Fsp3) is 0.222. The van der Waals surface area contributed by atoms with E-state index in [-0.39, 0.29) is 18.3 Å². The van der Waals surface area contributed by atoms with Crippen LogP contribution in [0.2, 0.25) is 0 Å². The number of rotatable bonds is 9. The third kappa shape index (κ3) is 6.50. The van der Waals surface area contributed by atoms with Crippen LogP contribution in [0.5, 0.6) is 11.5 Å². The summed E-state index contributed by atoms with van der Waals surface area (Å²) in [6.45, 7) is 0.679. The van der Waals surface area contributed by atoms with Gasteiger partial charge >= 0.3 is 0 Å².